The number of rotatable bonds is 34. The highest BCUT2D eigenvalue weighted by Gasteiger charge is 2.37. The summed E-state index contributed by atoms with van der Waals surface area (Å²) in [5.41, 5.74) is 5.63. The fraction of sp³-hybridized carbons (Fsp3) is 0.695. The summed E-state index contributed by atoms with van der Waals surface area (Å²) >= 11 is 19.8. The van der Waals surface area contributed by atoms with E-state index in [1.54, 1.807) is 0 Å². The van der Waals surface area contributed by atoms with E-state index in [-0.39, 0.29) is 6.61 Å². The van der Waals surface area contributed by atoms with Crippen LogP contribution in [-0.2, 0) is 10.1 Å². The molecule has 0 atom stereocenters. The van der Waals surface area contributed by atoms with Crippen molar-refractivity contribution in [3.8, 4) is 0 Å². The van der Waals surface area contributed by atoms with Crippen molar-refractivity contribution in [2.24, 2.45) is 0 Å². The molecule has 0 N–H and O–H groups in total. The molecule has 3 aromatic rings. The first kappa shape index (κ1) is 64.4. The Labute approximate surface area is 435 Å². The molecule has 5 nitrogen and oxygen atoms in total. The molecule has 3 aromatic carbocycles. The van der Waals surface area contributed by atoms with Crippen molar-refractivity contribution in [3.63, 3.8) is 0 Å². The summed E-state index contributed by atoms with van der Waals surface area (Å²) in [5, 5.41) is 23.4. The van der Waals surface area contributed by atoms with Crippen molar-refractivity contribution in [3.05, 3.63) is 103 Å². The fourth-order valence-corrected chi connectivity index (χ4v) is 10.2. The van der Waals surface area contributed by atoms with Crippen molar-refractivity contribution in [1.29, 1.82) is 0 Å². The zero-order valence-electron chi connectivity index (χ0n) is 45.5. The number of unbranched alkanes of at least 4 members (excludes halogenated alkanes) is 10. The largest absolute Gasteiger partial charge is 0.871 e. The Bertz CT molecular complexity index is 1500. The van der Waals surface area contributed by atoms with Gasteiger partial charge < -0.3 is 23.7 Å². The van der Waals surface area contributed by atoms with Crippen molar-refractivity contribution < 1.29 is 23.7 Å². The summed E-state index contributed by atoms with van der Waals surface area (Å²) in [6.45, 7) is 36.2. The Kier molecular flexibility index (Phi) is 35.2. The lowest BCUT2D eigenvalue weighted by Gasteiger charge is -2.39. The summed E-state index contributed by atoms with van der Waals surface area (Å²) in [4.78, 5) is 0. The van der Waals surface area contributed by atoms with Gasteiger partial charge in [0.2, 0.25) is 0 Å². The first-order valence-corrected chi connectivity index (χ1v) is 28.7. The lowest BCUT2D eigenvalue weighted by Crippen LogP contribution is -2.50. The normalized spacial score (nSPS) is 11.8. The lowest BCUT2D eigenvalue weighted by atomic mass is 9.66. The van der Waals surface area contributed by atoms with E-state index in [0.29, 0.717) is 21.5 Å². The van der Waals surface area contributed by atoms with Gasteiger partial charge in [-0.2, -0.15) is 0 Å². The van der Waals surface area contributed by atoms with Gasteiger partial charge in [0.1, 0.15) is 0 Å². The highest BCUT2D eigenvalue weighted by molar-refractivity contribution is 6.32. The molecule has 0 fully saturated rings. The Hall–Kier alpha value is -1.61. The Morgan fingerprint density at radius 1 is 0.412 bits per heavy atom. The van der Waals surface area contributed by atoms with Gasteiger partial charge >= 0.3 is 0 Å². The third kappa shape index (κ3) is 23.3. The van der Waals surface area contributed by atoms with Crippen molar-refractivity contribution in [2.45, 2.75) is 210 Å². The van der Waals surface area contributed by atoms with Crippen molar-refractivity contribution in [2.75, 3.05) is 59.0 Å². The van der Waals surface area contributed by atoms with Crippen molar-refractivity contribution in [1.82, 2.24) is 0 Å². The number of benzene rings is 3. The summed E-state index contributed by atoms with van der Waals surface area (Å²) < 4.78 is 7.49. The fourth-order valence-electron chi connectivity index (χ4n) is 9.65. The van der Waals surface area contributed by atoms with Gasteiger partial charge in [0, 0.05) is 27.1 Å². The lowest BCUT2D eigenvalue weighted by molar-refractivity contribution is -0.929. The number of nitrogens with zero attached hydrogens (tertiary/aromatic N) is 2. The Balaban J connectivity index is 0.000000573. The van der Waals surface area contributed by atoms with Crippen LogP contribution in [-0.4, -0.2) is 75.3 Å². The van der Waals surface area contributed by atoms with E-state index in [2.05, 4.69) is 78.2 Å². The second-order valence-electron chi connectivity index (χ2n) is 20.1. The Morgan fingerprint density at radius 3 is 0.897 bits per heavy atom. The van der Waals surface area contributed by atoms with Gasteiger partial charge in [0.25, 0.3) is 0 Å². The van der Waals surface area contributed by atoms with Crippen LogP contribution >= 0.6 is 34.8 Å². The van der Waals surface area contributed by atoms with Crippen LogP contribution < -0.4 is 10.0 Å². The Morgan fingerprint density at radius 2 is 0.676 bits per heavy atom. The van der Waals surface area contributed by atoms with Crippen LogP contribution in [0.25, 0.3) is 0 Å². The zero-order chi connectivity index (χ0) is 50.9. The minimum atomic E-state index is -2.24. The summed E-state index contributed by atoms with van der Waals surface area (Å²) in [6, 6.07) is 18.5. The van der Waals surface area contributed by atoms with Gasteiger partial charge in [-0.05, 0) is 137 Å². The van der Waals surface area contributed by atoms with E-state index >= 15 is 0 Å². The molecular weight excluding hydrogens is 902 g/mol. The standard InChI is InChI=1S/C27H28BCl3O3.2C16H36N/c1-18-7-10-21(15-24(18)29)27(13-5-4-6-14-34-28(32)33,22-11-8-19(2)25(30)16-22)23-12-9-20(3)26(31)17-23;2*1-5-9-13-17(14-10-6-2,15-11-7-3)16-12-8-4/h7-12,15-17H,4-6,13-14H2,1-3H3;2*5-16H2,1-4H3/q-2;2*+1. The van der Waals surface area contributed by atoms with E-state index in [4.69, 9.17) is 34.8 Å². The number of halogens is 3. The second kappa shape index (κ2) is 37.2. The van der Waals surface area contributed by atoms with E-state index < -0.39 is 12.7 Å². The third-order valence-corrected chi connectivity index (χ3v) is 15.6. The molecule has 0 spiro atoms. The topological polar surface area (TPSA) is 55.3 Å². The number of hydrogen-bond donors (Lipinski definition) is 0. The molecule has 0 heterocycles. The molecule has 0 aliphatic carbocycles. The number of quaternary nitrogens is 2. The number of aryl methyl sites for hydroxylation is 3. The van der Waals surface area contributed by atoms with Gasteiger partial charge in [0.05, 0.1) is 59.7 Å². The quantitative estimate of drug-likeness (QED) is 0.0259. The van der Waals surface area contributed by atoms with Gasteiger partial charge in [-0.25, -0.2) is 0 Å². The molecule has 0 bridgehead atoms. The molecule has 9 heteroatoms. The molecule has 0 aromatic heterocycles. The maximum absolute atomic E-state index is 10.6. The highest BCUT2D eigenvalue weighted by atomic mass is 35.5. The maximum Gasteiger partial charge on any atom is 0.0786 e. The SMILES string of the molecule is CCCC[N+](CCCC)(CCCC)CCCC.CCCC[N+](CCCC)(CCCC)CCCC.Cc1ccc(C(CCCCCOB([O-])[O-])(c2ccc(C)c(Cl)c2)c2ccc(C)c(Cl)c2)cc1Cl. The molecule has 0 unspecified atom stereocenters. The molecule has 0 saturated heterocycles. The van der Waals surface area contributed by atoms with E-state index in [1.165, 1.54) is 164 Å². The summed E-state index contributed by atoms with van der Waals surface area (Å²) in [5.74, 6) is 0. The minimum absolute atomic E-state index is 0.160. The smallest absolute Gasteiger partial charge is 0.0786 e. The van der Waals surface area contributed by atoms with E-state index in [1.807, 2.05) is 57.2 Å². The predicted molar refractivity (Wildman–Crippen MR) is 297 cm³/mol. The molecular formula is C59H100BCl3N2O3. The molecule has 0 aliphatic rings. The van der Waals surface area contributed by atoms with Crippen LogP contribution in [0.2, 0.25) is 15.1 Å². The van der Waals surface area contributed by atoms with E-state index in [9.17, 15) is 10.0 Å². The maximum atomic E-state index is 10.6. The van der Waals surface area contributed by atoms with Crippen molar-refractivity contribution >= 4 is 42.1 Å². The first-order valence-electron chi connectivity index (χ1n) is 27.6. The molecule has 0 aliphatic heterocycles. The van der Waals surface area contributed by atoms with Gasteiger partial charge in [-0.3, -0.25) is 0 Å². The first-order chi connectivity index (χ1) is 32.6. The summed E-state index contributed by atoms with van der Waals surface area (Å²) in [7, 11) is -2.24. The van der Waals surface area contributed by atoms with Crippen LogP contribution in [0.4, 0.5) is 0 Å². The number of hydrogen-bond acceptors (Lipinski definition) is 3. The van der Waals surface area contributed by atoms with Gasteiger partial charge in [-0.1, -0.05) is 191 Å². The van der Waals surface area contributed by atoms with E-state index in [0.717, 1.165) is 52.6 Å². The summed E-state index contributed by atoms with van der Waals surface area (Å²) in [6.07, 6.45) is 25.1. The molecule has 3 rings (SSSR count). The molecule has 0 amide bonds. The molecule has 68 heavy (non-hydrogen) atoms. The van der Waals surface area contributed by atoms with Gasteiger partial charge in [0.15, 0.2) is 0 Å². The minimum Gasteiger partial charge on any atom is -0.871 e. The predicted octanol–water partition coefficient (Wildman–Crippen LogP) is 16.2. The van der Waals surface area contributed by atoms with Crippen LogP contribution in [0.15, 0.2) is 54.6 Å². The molecule has 0 saturated carbocycles. The monoisotopic (exact) mass is 1000 g/mol. The third-order valence-electron chi connectivity index (χ3n) is 14.3. The van der Waals surface area contributed by atoms with Crippen LogP contribution in [0.5, 0.6) is 0 Å². The second-order valence-corrected chi connectivity index (χ2v) is 21.3. The van der Waals surface area contributed by atoms with Crippen LogP contribution in [0.1, 0.15) is 217 Å². The van der Waals surface area contributed by atoms with Crippen LogP contribution in [0, 0.1) is 20.8 Å². The zero-order valence-corrected chi connectivity index (χ0v) is 47.8. The molecule has 0 radical (unpaired) electrons. The average Bonchev–Trinajstić information content (AvgIpc) is 3.33. The van der Waals surface area contributed by atoms with Crippen LogP contribution in [0.3, 0.4) is 0 Å². The van der Waals surface area contributed by atoms with Gasteiger partial charge in [-0.15, -0.1) is 0 Å². The molecule has 388 valence electrons. The average molecular weight is 1000 g/mol. The highest BCUT2D eigenvalue weighted by Crippen LogP contribution is 2.46.